The van der Waals surface area contributed by atoms with Crippen molar-refractivity contribution in [3.8, 4) is 22.3 Å². The first-order chi connectivity index (χ1) is 23.7. The minimum absolute atomic E-state index is 0.0279. The third kappa shape index (κ3) is 5.25. The standard InChI is InChI=1S/C47H46N2/c1-7-30(2)44(34-22-21-32-14-8-9-15-33(32)27-34)49-45(35-23-25-39-37-17-11-13-19-41(37)47(5,6)43(39)28-35)48-29-31-20-24-38-36-16-10-12-18-40(36)46(3,4)42(38)26-31/h8-28,30,45,48H,7,29H2,1-6H3. The van der Waals surface area contributed by atoms with Crippen molar-refractivity contribution in [2.75, 3.05) is 0 Å². The molecular weight excluding hydrogens is 593 g/mol. The van der Waals surface area contributed by atoms with Crippen LogP contribution < -0.4 is 5.32 Å². The summed E-state index contributed by atoms with van der Waals surface area (Å²) in [5, 5.41) is 6.47. The normalized spacial score (nSPS) is 16.5. The molecule has 244 valence electrons. The Balaban J connectivity index is 1.21. The molecule has 0 heterocycles. The average Bonchev–Trinajstić information content (AvgIpc) is 3.50. The van der Waals surface area contributed by atoms with E-state index >= 15 is 0 Å². The van der Waals surface area contributed by atoms with Gasteiger partial charge in [0.1, 0.15) is 6.17 Å². The van der Waals surface area contributed by atoms with E-state index in [1.54, 1.807) is 0 Å². The van der Waals surface area contributed by atoms with E-state index in [2.05, 4.69) is 174 Å². The van der Waals surface area contributed by atoms with E-state index in [4.69, 9.17) is 4.99 Å². The number of benzene rings is 6. The molecule has 0 fully saturated rings. The van der Waals surface area contributed by atoms with E-state index in [-0.39, 0.29) is 17.0 Å². The first-order valence-corrected chi connectivity index (χ1v) is 17.9. The van der Waals surface area contributed by atoms with Crippen LogP contribution in [0.1, 0.15) is 93.1 Å². The Morgan fingerprint density at radius 3 is 1.84 bits per heavy atom. The quantitative estimate of drug-likeness (QED) is 0.165. The number of hydrogen-bond acceptors (Lipinski definition) is 2. The van der Waals surface area contributed by atoms with E-state index in [0.29, 0.717) is 5.92 Å². The number of aliphatic imine (C=N–C) groups is 1. The summed E-state index contributed by atoms with van der Waals surface area (Å²) < 4.78 is 0. The predicted octanol–water partition coefficient (Wildman–Crippen LogP) is 11.8. The van der Waals surface area contributed by atoms with E-state index in [1.165, 1.54) is 72.0 Å². The number of nitrogens with zero attached hydrogens (tertiary/aromatic N) is 1. The molecule has 49 heavy (non-hydrogen) atoms. The smallest absolute Gasteiger partial charge is 0.126 e. The number of fused-ring (bicyclic) bond motifs is 7. The SMILES string of the molecule is CCC(C)C(=NC(NCc1ccc2c(c1)C(C)(C)c1ccccc1-2)c1ccc2c(c1)C(C)(C)c1ccccc1-2)c1ccc2ccccc2c1. The fraction of sp³-hybridized carbons (Fsp3) is 0.255. The molecule has 2 aliphatic carbocycles. The first kappa shape index (κ1) is 31.5. The van der Waals surface area contributed by atoms with Crippen LogP contribution in [0.25, 0.3) is 33.0 Å². The molecule has 0 bridgehead atoms. The fourth-order valence-electron chi connectivity index (χ4n) is 8.37. The monoisotopic (exact) mass is 638 g/mol. The van der Waals surface area contributed by atoms with Crippen molar-refractivity contribution in [3.05, 3.63) is 166 Å². The second-order valence-corrected chi connectivity index (χ2v) is 15.2. The van der Waals surface area contributed by atoms with Crippen LogP contribution in [-0.2, 0) is 17.4 Å². The van der Waals surface area contributed by atoms with Crippen LogP contribution >= 0.6 is 0 Å². The lowest BCUT2D eigenvalue weighted by molar-refractivity contribution is 0.546. The van der Waals surface area contributed by atoms with Gasteiger partial charge < -0.3 is 0 Å². The summed E-state index contributed by atoms with van der Waals surface area (Å²) in [5.41, 5.74) is 15.7. The van der Waals surface area contributed by atoms with Crippen molar-refractivity contribution in [1.82, 2.24) is 5.32 Å². The minimum atomic E-state index is -0.209. The highest BCUT2D eigenvalue weighted by Gasteiger charge is 2.37. The van der Waals surface area contributed by atoms with Gasteiger partial charge in [-0.3, -0.25) is 10.3 Å². The Kier molecular flexibility index (Phi) is 7.69. The van der Waals surface area contributed by atoms with E-state index in [0.717, 1.165) is 18.7 Å². The van der Waals surface area contributed by atoms with Gasteiger partial charge in [-0.1, -0.05) is 163 Å². The molecule has 6 aromatic carbocycles. The van der Waals surface area contributed by atoms with Gasteiger partial charge in [-0.25, -0.2) is 0 Å². The van der Waals surface area contributed by atoms with Crippen LogP contribution in [0.4, 0.5) is 0 Å². The Morgan fingerprint density at radius 2 is 1.16 bits per heavy atom. The largest absolute Gasteiger partial charge is 0.288 e. The van der Waals surface area contributed by atoms with Crippen molar-refractivity contribution >= 4 is 16.5 Å². The third-order valence-corrected chi connectivity index (χ3v) is 11.5. The maximum atomic E-state index is 5.67. The summed E-state index contributed by atoms with van der Waals surface area (Å²) in [5.74, 6) is 0.305. The van der Waals surface area contributed by atoms with Crippen molar-refractivity contribution in [1.29, 1.82) is 0 Å². The van der Waals surface area contributed by atoms with Gasteiger partial charge in [0.2, 0.25) is 0 Å². The van der Waals surface area contributed by atoms with Crippen molar-refractivity contribution in [3.63, 3.8) is 0 Å². The molecule has 0 saturated heterocycles. The summed E-state index contributed by atoms with van der Waals surface area (Å²) in [7, 11) is 0. The van der Waals surface area contributed by atoms with Crippen LogP contribution in [0.15, 0.2) is 132 Å². The molecular formula is C47H46N2. The minimum Gasteiger partial charge on any atom is -0.288 e. The van der Waals surface area contributed by atoms with E-state index in [9.17, 15) is 0 Å². The van der Waals surface area contributed by atoms with Crippen molar-refractivity contribution in [2.24, 2.45) is 10.9 Å². The van der Waals surface area contributed by atoms with Gasteiger partial charge in [-0.05, 0) is 90.4 Å². The molecule has 0 amide bonds. The zero-order valence-corrected chi connectivity index (χ0v) is 29.6. The van der Waals surface area contributed by atoms with Crippen molar-refractivity contribution in [2.45, 2.75) is 71.5 Å². The van der Waals surface area contributed by atoms with E-state index in [1.807, 2.05) is 0 Å². The maximum absolute atomic E-state index is 5.67. The van der Waals surface area contributed by atoms with Crippen molar-refractivity contribution < 1.29 is 0 Å². The van der Waals surface area contributed by atoms with Crippen LogP contribution in [-0.4, -0.2) is 5.71 Å². The summed E-state index contributed by atoms with van der Waals surface area (Å²) in [6.45, 7) is 14.7. The highest BCUT2D eigenvalue weighted by atomic mass is 15.1. The van der Waals surface area contributed by atoms with Gasteiger partial charge in [0, 0.05) is 23.1 Å². The average molecular weight is 639 g/mol. The first-order valence-electron chi connectivity index (χ1n) is 17.9. The Labute approximate surface area is 292 Å². The fourth-order valence-corrected chi connectivity index (χ4v) is 8.37. The zero-order valence-electron chi connectivity index (χ0n) is 29.6. The highest BCUT2D eigenvalue weighted by Crippen LogP contribution is 2.50. The molecule has 8 rings (SSSR count). The summed E-state index contributed by atoms with van der Waals surface area (Å²) >= 11 is 0. The van der Waals surface area contributed by atoms with Gasteiger partial charge in [-0.2, -0.15) is 0 Å². The Hall–Kier alpha value is -4.79. The summed E-state index contributed by atoms with van der Waals surface area (Å²) in [6.07, 6.45) is 0.810. The van der Waals surface area contributed by atoms with Gasteiger partial charge in [-0.15, -0.1) is 0 Å². The molecule has 2 atom stereocenters. The molecule has 0 saturated carbocycles. The van der Waals surface area contributed by atoms with Gasteiger partial charge in [0.05, 0.1) is 0 Å². The van der Waals surface area contributed by atoms with Crippen LogP contribution in [0.3, 0.4) is 0 Å². The lowest BCUT2D eigenvalue weighted by Gasteiger charge is -2.25. The van der Waals surface area contributed by atoms with Gasteiger partial charge in [0.15, 0.2) is 0 Å². The Bertz CT molecular complexity index is 2250. The molecule has 0 radical (unpaired) electrons. The maximum Gasteiger partial charge on any atom is 0.126 e. The topological polar surface area (TPSA) is 24.4 Å². The molecule has 2 heteroatoms. The molecule has 2 aliphatic rings. The molecule has 0 aliphatic heterocycles. The Morgan fingerprint density at radius 1 is 0.592 bits per heavy atom. The molecule has 6 aromatic rings. The number of hydrogen-bond donors (Lipinski definition) is 1. The lowest BCUT2D eigenvalue weighted by Crippen LogP contribution is -2.24. The summed E-state index contributed by atoms with van der Waals surface area (Å²) in [4.78, 5) is 5.67. The zero-order chi connectivity index (χ0) is 33.9. The number of rotatable bonds is 8. The van der Waals surface area contributed by atoms with Crippen LogP contribution in [0, 0.1) is 5.92 Å². The summed E-state index contributed by atoms with van der Waals surface area (Å²) in [6, 6.07) is 47.3. The molecule has 1 N–H and O–H groups in total. The highest BCUT2D eigenvalue weighted by molar-refractivity contribution is 6.05. The molecule has 0 spiro atoms. The second-order valence-electron chi connectivity index (χ2n) is 15.2. The van der Waals surface area contributed by atoms with E-state index < -0.39 is 0 Å². The van der Waals surface area contributed by atoms with Gasteiger partial charge >= 0.3 is 0 Å². The predicted molar refractivity (Wildman–Crippen MR) is 208 cm³/mol. The molecule has 0 aromatic heterocycles. The molecule has 2 nitrogen and oxygen atoms in total. The number of nitrogens with one attached hydrogen (secondary N) is 1. The second kappa shape index (κ2) is 12.0. The molecule has 2 unspecified atom stereocenters. The van der Waals surface area contributed by atoms with Crippen LogP contribution in [0.5, 0.6) is 0 Å². The third-order valence-electron chi connectivity index (χ3n) is 11.5. The van der Waals surface area contributed by atoms with Gasteiger partial charge in [0.25, 0.3) is 0 Å². The van der Waals surface area contributed by atoms with Crippen LogP contribution in [0.2, 0.25) is 0 Å². The lowest BCUT2D eigenvalue weighted by atomic mass is 9.82.